The van der Waals surface area contributed by atoms with Crippen molar-refractivity contribution in [3.63, 3.8) is 0 Å². The van der Waals surface area contributed by atoms with Crippen LogP contribution in [0.5, 0.6) is 0 Å². The van der Waals surface area contributed by atoms with E-state index in [4.69, 9.17) is 0 Å². The number of benzene rings is 1. The molecule has 0 bridgehead atoms. The highest BCUT2D eigenvalue weighted by Gasteiger charge is 1.95. The van der Waals surface area contributed by atoms with Crippen LogP contribution in [0.1, 0.15) is 6.92 Å². The van der Waals surface area contributed by atoms with Crippen LogP contribution < -0.4 is 5.32 Å². The van der Waals surface area contributed by atoms with Crippen LogP contribution in [0.2, 0.25) is 0 Å². The molecule has 13 heavy (non-hydrogen) atoms. The number of fused-ring (bicyclic) bond motifs is 1. The summed E-state index contributed by atoms with van der Waals surface area (Å²) in [5.74, 6) is 0. The molecule has 2 rings (SSSR count). The summed E-state index contributed by atoms with van der Waals surface area (Å²) in [5, 5.41) is 3.23. The van der Waals surface area contributed by atoms with Gasteiger partial charge in [0.25, 0.3) is 0 Å². The van der Waals surface area contributed by atoms with Crippen molar-refractivity contribution in [3.8, 4) is 0 Å². The Morgan fingerprint density at radius 1 is 1.15 bits per heavy atom. The second-order valence-electron chi connectivity index (χ2n) is 2.79. The molecule has 3 heteroatoms. The Balaban J connectivity index is 2.49. The number of rotatable bonds is 2. The Hall–Kier alpha value is -1.64. The lowest BCUT2D eigenvalue weighted by Crippen LogP contribution is -1.96. The smallest absolute Gasteiger partial charge is 0.0907 e. The van der Waals surface area contributed by atoms with Gasteiger partial charge in [0.05, 0.1) is 11.0 Å². The minimum Gasteiger partial charge on any atom is -0.385 e. The number of aromatic nitrogens is 2. The van der Waals surface area contributed by atoms with Crippen molar-refractivity contribution in [3.05, 3.63) is 30.6 Å². The van der Waals surface area contributed by atoms with Gasteiger partial charge in [-0.05, 0) is 25.1 Å². The minimum absolute atomic E-state index is 0.922. The zero-order valence-electron chi connectivity index (χ0n) is 7.49. The molecule has 1 N–H and O–H groups in total. The summed E-state index contributed by atoms with van der Waals surface area (Å²) in [6.45, 7) is 2.99. The van der Waals surface area contributed by atoms with Gasteiger partial charge >= 0.3 is 0 Å². The number of anilines is 1. The first-order valence-corrected chi connectivity index (χ1v) is 4.35. The fourth-order valence-electron chi connectivity index (χ4n) is 1.28. The molecule has 66 valence electrons. The fraction of sp³-hybridized carbons (Fsp3) is 0.200. The third-order valence-corrected chi connectivity index (χ3v) is 1.85. The molecule has 0 fully saturated rings. The van der Waals surface area contributed by atoms with Gasteiger partial charge in [0.2, 0.25) is 0 Å². The van der Waals surface area contributed by atoms with Crippen LogP contribution in [0.15, 0.2) is 30.6 Å². The molecule has 0 amide bonds. The van der Waals surface area contributed by atoms with Gasteiger partial charge in [-0.1, -0.05) is 0 Å². The summed E-state index contributed by atoms with van der Waals surface area (Å²) in [5.41, 5.74) is 2.96. The monoisotopic (exact) mass is 173 g/mol. The van der Waals surface area contributed by atoms with Crippen molar-refractivity contribution in [1.82, 2.24) is 9.97 Å². The average molecular weight is 173 g/mol. The number of hydrogen-bond acceptors (Lipinski definition) is 3. The summed E-state index contributed by atoms with van der Waals surface area (Å²) in [7, 11) is 0. The Morgan fingerprint density at radius 3 is 2.69 bits per heavy atom. The van der Waals surface area contributed by atoms with E-state index in [1.165, 1.54) is 0 Å². The molecule has 0 radical (unpaired) electrons. The normalized spacial score (nSPS) is 10.2. The fourth-order valence-corrected chi connectivity index (χ4v) is 1.28. The van der Waals surface area contributed by atoms with E-state index in [-0.39, 0.29) is 0 Å². The molecule has 0 unspecified atom stereocenters. The predicted molar refractivity (Wildman–Crippen MR) is 53.7 cm³/mol. The highest BCUT2D eigenvalue weighted by atomic mass is 14.9. The van der Waals surface area contributed by atoms with E-state index in [1.807, 2.05) is 18.2 Å². The van der Waals surface area contributed by atoms with E-state index in [9.17, 15) is 0 Å². The maximum Gasteiger partial charge on any atom is 0.0907 e. The van der Waals surface area contributed by atoms with Gasteiger partial charge in [0, 0.05) is 24.6 Å². The van der Waals surface area contributed by atoms with E-state index in [1.54, 1.807) is 12.4 Å². The molecule has 1 heterocycles. The van der Waals surface area contributed by atoms with E-state index in [2.05, 4.69) is 22.2 Å². The van der Waals surface area contributed by atoms with Crippen LogP contribution in [-0.4, -0.2) is 16.5 Å². The maximum atomic E-state index is 4.22. The number of nitrogens with one attached hydrogen (secondary N) is 1. The summed E-state index contributed by atoms with van der Waals surface area (Å²) in [6, 6.07) is 5.99. The van der Waals surface area contributed by atoms with E-state index in [0.29, 0.717) is 0 Å². The quantitative estimate of drug-likeness (QED) is 0.755. The van der Waals surface area contributed by atoms with Crippen molar-refractivity contribution in [2.45, 2.75) is 6.92 Å². The lowest BCUT2D eigenvalue weighted by Gasteiger charge is -2.02. The molecular formula is C10H11N3. The SMILES string of the molecule is CCNc1ccc2nccnc2c1. The molecule has 1 aromatic carbocycles. The van der Waals surface area contributed by atoms with Crippen molar-refractivity contribution in [1.29, 1.82) is 0 Å². The molecule has 0 aliphatic carbocycles. The van der Waals surface area contributed by atoms with Crippen LogP contribution in [0.25, 0.3) is 11.0 Å². The lowest BCUT2D eigenvalue weighted by atomic mass is 10.2. The standard InChI is InChI=1S/C10H11N3/c1-2-11-8-3-4-9-10(7-8)13-6-5-12-9/h3-7,11H,2H2,1H3. The molecule has 0 spiro atoms. The van der Waals surface area contributed by atoms with Gasteiger partial charge in [-0.3, -0.25) is 9.97 Å². The van der Waals surface area contributed by atoms with Gasteiger partial charge in [0.1, 0.15) is 0 Å². The van der Waals surface area contributed by atoms with Crippen LogP contribution in [0.3, 0.4) is 0 Å². The van der Waals surface area contributed by atoms with Gasteiger partial charge in [-0.25, -0.2) is 0 Å². The molecule has 2 aromatic rings. The average Bonchev–Trinajstić information content (AvgIpc) is 2.18. The minimum atomic E-state index is 0.922. The van der Waals surface area contributed by atoms with Crippen molar-refractivity contribution >= 4 is 16.7 Å². The molecule has 0 aliphatic heterocycles. The van der Waals surface area contributed by atoms with Crippen molar-refractivity contribution in [2.24, 2.45) is 0 Å². The van der Waals surface area contributed by atoms with Gasteiger partial charge in [-0.2, -0.15) is 0 Å². The Kier molecular flexibility index (Phi) is 2.08. The zero-order valence-corrected chi connectivity index (χ0v) is 7.49. The third-order valence-electron chi connectivity index (χ3n) is 1.85. The van der Waals surface area contributed by atoms with E-state index >= 15 is 0 Å². The topological polar surface area (TPSA) is 37.8 Å². The first-order chi connectivity index (χ1) is 6.40. The molecule has 1 aromatic heterocycles. The lowest BCUT2D eigenvalue weighted by molar-refractivity contribution is 1.21. The first kappa shape index (κ1) is 7.98. The third kappa shape index (κ3) is 1.59. The molecule has 0 saturated carbocycles. The van der Waals surface area contributed by atoms with Crippen LogP contribution in [0.4, 0.5) is 5.69 Å². The van der Waals surface area contributed by atoms with Crippen molar-refractivity contribution in [2.75, 3.05) is 11.9 Å². The maximum absolute atomic E-state index is 4.22. The van der Waals surface area contributed by atoms with E-state index in [0.717, 1.165) is 23.3 Å². The van der Waals surface area contributed by atoms with E-state index < -0.39 is 0 Å². The highest BCUT2D eigenvalue weighted by Crippen LogP contribution is 2.14. The Morgan fingerprint density at radius 2 is 1.92 bits per heavy atom. The van der Waals surface area contributed by atoms with Crippen LogP contribution in [-0.2, 0) is 0 Å². The summed E-state index contributed by atoms with van der Waals surface area (Å²) in [4.78, 5) is 8.41. The summed E-state index contributed by atoms with van der Waals surface area (Å²) < 4.78 is 0. The predicted octanol–water partition coefficient (Wildman–Crippen LogP) is 2.06. The van der Waals surface area contributed by atoms with Crippen LogP contribution >= 0.6 is 0 Å². The Labute approximate surface area is 76.8 Å². The van der Waals surface area contributed by atoms with Gasteiger partial charge in [0.15, 0.2) is 0 Å². The van der Waals surface area contributed by atoms with Gasteiger partial charge < -0.3 is 5.32 Å². The molecule has 0 aliphatic rings. The first-order valence-electron chi connectivity index (χ1n) is 4.35. The largest absolute Gasteiger partial charge is 0.385 e. The summed E-state index contributed by atoms with van der Waals surface area (Å²) >= 11 is 0. The zero-order chi connectivity index (χ0) is 9.10. The summed E-state index contributed by atoms with van der Waals surface area (Å²) in [6.07, 6.45) is 3.41. The Bertz CT molecular complexity index is 412. The number of hydrogen-bond donors (Lipinski definition) is 1. The molecule has 3 nitrogen and oxygen atoms in total. The second kappa shape index (κ2) is 3.39. The highest BCUT2D eigenvalue weighted by molar-refractivity contribution is 5.78. The molecule has 0 saturated heterocycles. The van der Waals surface area contributed by atoms with Gasteiger partial charge in [-0.15, -0.1) is 0 Å². The molecular weight excluding hydrogens is 162 g/mol. The number of nitrogens with zero attached hydrogens (tertiary/aromatic N) is 2. The molecule has 0 atom stereocenters. The second-order valence-corrected chi connectivity index (χ2v) is 2.79. The van der Waals surface area contributed by atoms with Crippen LogP contribution in [0, 0.1) is 0 Å². The van der Waals surface area contributed by atoms with Crippen molar-refractivity contribution < 1.29 is 0 Å².